The van der Waals surface area contributed by atoms with Gasteiger partial charge in [0.15, 0.2) is 0 Å². The summed E-state index contributed by atoms with van der Waals surface area (Å²) in [6.45, 7) is 34.0. The van der Waals surface area contributed by atoms with Crippen LogP contribution in [0.5, 0.6) is 0 Å². The molecule has 0 fully saturated rings. The Morgan fingerprint density at radius 3 is 1.14 bits per heavy atom. The third-order valence-corrected chi connectivity index (χ3v) is 5.63. The van der Waals surface area contributed by atoms with Gasteiger partial charge in [-0.15, -0.1) is 13.1 Å². The van der Waals surface area contributed by atoms with Gasteiger partial charge in [0.05, 0.1) is 0 Å². The summed E-state index contributed by atoms with van der Waals surface area (Å²) in [6, 6.07) is 0. The molecule has 0 amide bonds. The topological polar surface area (TPSA) is 52.9 Å². The molecule has 0 radical (unpaired) electrons. The van der Waals surface area contributed by atoms with Crippen LogP contribution in [0.4, 0.5) is 0 Å². The van der Waals surface area contributed by atoms with E-state index in [9.17, 15) is 0 Å². The van der Waals surface area contributed by atoms with Gasteiger partial charge < -0.3 is 16.6 Å². The molecule has 178 valence electrons. The normalized spacial score (nSPS) is 12.0. The van der Waals surface area contributed by atoms with Crippen molar-refractivity contribution in [3.05, 3.63) is 16.6 Å². The predicted molar refractivity (Wildman–Crippen MR) is 129 cm³/mol. The van der Waals surface area contributed by atoms with E-state index >= 15 is 0 Å². The summed E-state index contributed by atoms with van der Waals surface area (Å²) in [4.78, 5) is 0. The van der Waals surface area contributed by atoms with Crippen LogP contribution in [-0.2, 0) is 18.2 Å². The standard InChI is InChI=1S/C12H26N2.2C4H9N.C4H9.Mo/c1-9(2)7-13-12(11(5)6)14-8-10(3)4;2*1-4(2,3)5;1-4(2)3;/h9-12H,7-8H2,1-6H3;2*1-3H3;1-3H3;/q-2;;;-1;. The number of rotatable bonds is 7. The summed E-state index contributed by atoms with van der Waals surface area (Å²) in [5.41, 5.74) is 0.216. The van der Waals surface area contributed by atoms with E-state index in [4.69, 9.17) is 0 Å². The molecule has 0 rings (SSSR count). The monoisotopic (exact) mass is 495 g/mol. The summed E-state index contributed by atoms with van der Waals surface area (Å²) >= 11 is -0.473. The van der Waals surface area contributed by atoms with Crippen LogP contribution in [0.2, 0.25) is 0 Å². The molecule has 0 N–H and O–H groups in total. The van der Waals surface area contributed by atoms with Gasteiger partial charge in [0.25, 0.3) is 0 Å². The maximum absolute atomic E-state index is 4.63. The molecule has 0 aromatic heterocycles. The molecule has 0 heterocycles. The molecule has 0 saturated carbocycles. The van der Waals surface area contributed by atoms with Crippen molar-refractivity contribution in [1.29, 1.82) is 0 Å². The van der Waals surface area contributed by atoms with Crippen molar-refractivity contribution in [2.24, 2.45) is 24.7 Å². The van der Waals surface area contributed by atoms with E-state index < -0.39 is 18.2 Å². The molecule has 0 aliphatic heterocycles. The number of nitrogens with zero attached hydrogens (tertiary/aromatic N) is 4. The first-order valence-electron chi connectivity index (χ1n) is 11.1. The van der Waals surface area contributed by atoms with Gasteiger partial charge in [-0.2, -0.15) is 20.8 Å². The fourth-order valence-corrected chi connectivity index (χ4v) is 2.69. The van der Waals surface area contributed by atoms with Gasteiger partial charge in [0, 0.05) is 0 Å². The summed E-state index contributed by atoms with van der Waals surface area (Å²) in [5.74, 6) is 3.24. The molecule has 0 aromatic rings. The van der Waals surface area contributed by atoms with Crippen LogP contribution < -0.4 is 0 Å². The van der Waals surface area contributed by atoms with E-state index in [2.05, 4.69) is 121 Å². The maximum atomic E-state index is 4.63. The van der Waals surface area contributed by atoms with Crippen molar-refractivity contribution in [3.63, 3.8) is 0 Å². The second kappa shape index (κ2) is 17.8. The van der Waals surface area contributed by atoms with Crippen LogP contribution in [-0.4, -0.2) is 30.3 Å². The molecule has 29 heavy (non-hydrogen) atoms. The molecular formula is C24H53MoN4-3. The molecule has 0 atom stereocenters. The number of hydrogen-bond acceptors (Lipinski definition) is 2. The molecule has 0 saturated heterocycles. The van der Waals surface area contributed by atoms with Crippen LogP contribution >= 0.6 is 0 Å². The fraction of sp³-hybridized carbons (Fsp3) is 0.958. The van der Waals surface area contributed by atoms with E-state index in [1.54, 1.807) is 0 Å². The van der Waals surface area contributed by atoms with Gasteiger partial charge in [-0.3, -0.25) is 0 Å². The Morgan fingerprint density at radius 1 is 0.690 bits per heavy atom. The third-order valence-electron chi connectivity index (χ3n) is 2.54. The molecular weight excluding hydrogens is 440 g/mol. The van der Waals surface area contributed by atoms with E-state index in [1.807, 2.05) is 0 Å². The Hall–Kier alpha value is 0.208. The Labute approximate surface area is 193 Å². The van der Waals surface area contributed by atoms with Crippen molar-refractivity contribution in [2.45, 2.75) is 121 Å². The summed E-state index contributed by atoms with van der Waals surface area (Å²) in [7, 11) is 0. The van der Waals surface area contributed by atoms with Gasteiger partial charge in [0.2, 0.25) is 0 Å². The van der Waals surface area contributed by atoms with Crippen molar-refractivity contribution in [3.8, 4) is 0 Å². The van der Waals surface area contributed by atoms with Crippen LogP contribution in [0.3, 0.4) is 0 Å². The van der Waals surface area contributed by atoms with Crippen LogP contribution in [0, 0.1) is 23.7 Å². The Bertz CT molecular complexity index is 390. The van der Waals surface area contributed by atoms with Crippen molar-refractivity contribution in [1.82, 2.24) is 0 Å². The van der Waals surface area contributed by atoms with Crippen molar-refractivity contribution in [2.75, 3.05) is 13.1 Å². The molecule has 0 aromatic carbocycles. The fourth-order valence-electron chi connectivity index (χ4n) is 1.38. The van der Waals surface area contributed by atoms with E-state index in [-0.39, 0.29) is 17.2 Å². The minimum atomic E-state index is -0.473. The zero-order chi connectivity index (χ0) is 23.8. The SMILES string of the molecule is CC(C)(C)[N]=[Mo]=[N]C(C)(C)C.CC(C)C[N-]C([N-]CC(C)C)C(C)C.C[C-](C)C. The first-order chi connectivity index (χ1) is 12.9. The van der Waals surface area contributed by atoms with Crippen molar-refractivity contribution < 1.29 is 18.2 Å². The molecule has 0 aliphatic carbocycles. The first-order valence-corrected chi connectivity index (χ1v) is 12.9. The Balaban J connectivity index is -0.000000401. The zero-order valence-corrected chi connectivity index (χ0v) is 24.4. The molecule has 0 bridgehead atoms. The smallest absolute Gasteiger partial charge is 0.0644 e. The predicted octanol–water partition coefficient (Wildman–Crippen LogP) is 8.68. The Morgan fingerprint density at radius 2 is 0.966 bits per heavy atom. The summed E-state index contributed by atoms with van der Waals surface area (Å²) in [6.07, 6.45) is 0.208. The van der Waals surface area contributed by atoms with Crippen LogP contribution in [0.15, 0.2) is 6.99 Å². The van der Waals surface area contributed by atoms with Gasteiger partial charge in [-0.25, -0.2) is 6.17 Å². The molecule has 0 spiro atoms. The van der Waals surface area contributed by atoms with Crippen molar-refractivity contribution >= 4 is 0 Å². The third kappa shape index (κ3) is 39.3. The average Bonchev–Trinajstić information content (AvgIpc) is 2.43. The maximum Gasteiger partial charge on any atom is -0.0644 e. The minimum Gasteiger partial charge on any atom is -0.677 e. The summed E-state index contributed by atoms with van der Waals surface area (Å²) < 4.78 is 9.01. The molecule has 0 aliphatic rings. The molecule has 0 unspecified atom stereocenters. The second-order valence-electron chi connectivity index (χ2n) is 11.3. The summed E-state index contributed by atoms with van der Waals surface area (Å²) in [5, 5.41) is 9.26. The van der Waals surface area contributed by atoms with E-state index in [0.29, 0.717) is 17.8 Å². The van der Waals surface area contributed by atoms with Gasteiger partial charge in [-0.05, 0) is 0 Å². The number of hydrogen-bond donors (Lipinski definition) is 0. The van der Waals surface area contributed by atoms with Gasteiger partial charge in [-0.1, -0.05) is 59.3 Å². The molecule has 5 heteroatoms. The second-order valence-corrected chi connectivity index (χ2v) is 12.6. The zero-order valence-electron chi connectivity index (χ0n) is 22.4. The molecule has 4 nitrogen and oxygen atoms in total. The van der Waals surface area contributed by atoms with E-state index in [1.165, 1.54) is 5.92 Å². The first kappa shape index (κ1) is 33.8. The van der Waals surface area contributed by atoms with Crippen LogP contribution in [0.1, 0.15) is 104 Å². The van der Waals surface area contributed by atoms with Gasteiger partial charge >= 0.3 is 77.8 Å². The Kier molecular flexibility index (Phi) is 20.8. The van der Waals surface area contributed by atoms with E-state index in [0.717, 1.165) is 13.1 Å². The average molecular weight is 494 g/mol. The largest absolute Gasteiger partial charge is 0.677 e. The minimum absolute atomic E-state index is 0.108. The van der Waals surface area contributed by atoms with Gasteiger partial charge in [0.1, 0.15) is 0 Å². The van der Waals surface area contributed by atoms with Crippen LogP contribution in [0.25, 0.3) is 10.6 Å². The quantitative estimate of drug-likeness (QED) is 0.252.